The normalized spacial score (nSPS) is 13.7. The third-order valence-electron chi connectivity index (χ3n) is 3.75. The molecule has 0 fully saturated rings. The number of hydrogen-bond donors (Lipinski definition) is 3. The molecule has 1 aliphatic rings. The standard InChI is InChI=1S/C15H22N2O3S2/c1-10-11-4-2-3-5-12(11)17-14(10)15(20)16-7-9-22-21-8-6-13(18)19/h17H,2-9H2,1H3,(H,16,20)(H,18,19). The van der Waals surface area contributed by atoms with Crippen LogP contribution in [0.25, 0.3) is 0 Å². The summed E-state index contributed by atoms with van der Waals surface area (Å²) in [5.74, 6) is 0.557. The number of carbonyl (C=O) groups excluding carboxylic acids is 1. The van der Waals surface area contributed by atoms with E-state index in [1.165, 1.54) is 34.9 Å². The molecule has 2 rings (SSSR count). The number of hydrogen-bond acceptors (Lipinski definition) is 4. The highest BCUT2D eigenvalue weighted by molar-refractivity contribution is 8.76. The number of rotatable bonds is 8. The average Bonchev–Trinajstić information content (AvgIpc) is 2.83. The zero-order valence-electron chi connectivity index (χ0n) is 12.7. The lowest BCUT2D eigenvalue weighted by atomic mass is 9.95. The van der Waals surface area contributed by atoms with E-state index in [-0.39, 0.29) is 12.3 Å². The zero-order chi connectivity index (χ0) is 15.9. The van der Waals surface area contributed by atoms with E-state index in [1.54, 1.807) is 10.8 Å². The van der Waals surface area contributed by atoms with Gasteiger partial charge < -0.3 is 15.4 Å². The Morgan fingerprint density at radius 1 is 1.23 bits per heavy atom. The summed E-state index contributed by atoms with van der Waals surface area (Å²) in [6.07, 6.45) is 4.69. The Balaban J connectivity index is 1.72. The lowest BCUT2D eigenvalue weighted by Crippen LogP contribution is -2.26. The maximum atomic E-state index is 12.2. The third kappa shape index (κ3) is 4.71. The summed E-state index contributed by atoms with van der Waals surface area (Å²) < 4.78 is 0. The van der Waals surface area contributed by atoms with Crippen LogP contribution in [0, 0.1) is 6.92 Å². The first-order chi connectivity index (χ1) is 10.6. The van der Waals surface area contributed by atoms with Gasteiger partial charge in [0, 0.05) is 23.7 Å². The van der Waals surface area contributed by atoms with Crippen molar-refractivity contribution in [2.75, 3.05) is 18.1 Å². The molecule has 0 radical (unpaired) electrons. The molecule has 0 bridgehead atoms. The molecule has 0 saturated heterocycles. The van der Waals surface area contributed by atoms with Gasteiger partial charge in [-0.25, -0.2) is 0 Å². The van der Waals surface area contributed by atoms with Gasteiger partial charge in [-0.15, -0.1) is 0 Å². The largest absolute Gasteiger partial charge is 0.481 e. The van der Waals surface area contributed by atoms with Crippen LogP contribution in [0.15, 0.2) is 0 Å². The van der Waals surface area contributed by atoms with Gasteiger partial charge in [-0.1, -0.05) is 21.6 Å². The van der Waals surface area contributed by atoms with E-state index in [0.717, 1.165) is 24.2 Å². The van der Waals surface area contributed by atoms with Crippen LogP contribution in [0.5, 0.6) is 0 Å². The summed E-state index contributed by atoms with van der Waals surface area (Å²) in [5, 5.41) is 11.5. The lowest BCUT2D eigenvalue weighted by molar-refractivity contribution is -0.136. The fourth-order valence-corrected chi connectivity index (χ4v) is 4.51. The maximum absolute atomic E-state index is 12.2. The number of carboxylic acids is 1. The van der Waals surface area contributed by atoms with Gasteiger partial charge in [0.1, 0.15) is 5.69 Å². The minimum Gasteiger partial charge on any atom is -0.481 e. The molecule has 7 heteroatoms. The average molecular weight is 342 g/mol. The second-order valence-corrected chi connectivity index (χ2v) is 8.03. The highest BCUT2D eigenvalue weighted by Crippen LogP contribution is 2.26. The molecule has 1 amide bonds. The van der Waals surface area contributed by atoms with Crippen LogP contribution in [-0.4, -0.2) is 40.0 Å². The topological polar surface area (TPSA) is 82.2 Å². The number of carboxylic acid groups (broad SMARTS) is 1. The number of aryl methyl sites for hydroxylation is 1. The van der Waals surface area contributed by atoms with Gasteiger partial charge in [0.25, 0.3) is 5.91 Å². The van der Waals surface area contributed by atoms with E-state index >= 15 is 0 Å². The van der Waals surface area contributed by atoms with Crippen LogP contribution < -0.4 is 5.32 Å². The van der Waals surface area contributed by atoms with Crippen LogP contribution in [0.3, 0.4) is 0 Å². The number of nitrogens with one attached hydrogen (secondary N) is 2. The Hall–Kier alpha value is -1.08. The summed E-state index contributed by atoms with van der Waals surface area (Å²) in [7, 11) is 3.12. The Labute approximate surface area is 138 Å². The fraction of sp³-hybridized carbons (Fsp3) is 0.600. The Morgan fingerprint density at radius 3 is 2.68 bits per heavy atom. The summed E-state index contributed by atoms with van der Waals surface area (Å²) in [5.41, 5.74) is 4.36. The molecular formula is C15H22N2O3S2. The van der Waals surface area contributed by atoms with E-state index in [4.69, 9.17) is 5.11 Å². The molecular weight excluding hydrogens is 320 g/mol. The molecule has 0 aliphatic heterocycles. The van der Waals surface area contributed by atoms with Crippen molar-refractivity contribution in [2.45, 2.75) is 39.0 Å². The van der Waals surface area contributed by atoms with Crippen molar-refractivity contribution < 1.29 is 14.7 Å². The number of aromatic amines is 1. The molecule has 22 heavy (non-hydrogen) atoms. The van der Waals surface area contributed by atoms with Gasteiger partial charge in [0.05, 0.1) is 6.42 Å². The molecule has 1 aromatic rings. The lowest BCUT2D eigenvalue weighted by Gasteiger charge is -2.10. The first-order valence-corrected chi connectivity index (χ1v) is 10.0. The molecule has 1 aromatic heterocycles. The monoisotopic (exact) mass is 342 g/mol. The molecule has 122 valence electrons. The van der Waals surface area contributed by atoms with Gasteiger partial charge in [0.2, 0.25) is 0 Å². The molecule has 5 nitrogen and oxygen atoms in total. The molecule has 1 aliphatic carbocycles. The van der Waals surface area contributed by atoms with E-state index in [9.17, 15) is 9.59 Å². The Kier molecular flexibility index (Phi) is 6.70. The molecule has 0 spiro atoms. The van der Waals surface area contributed by atoms with E-state index in [1.807, 2.05) is 6.92 Å². The first kappa shape index (κ1) is 17.3. The highest BCUT2D eigenvalue weighted by Gasteiger charge is 2.20. The van der Waals surface area contributed by atoms with E-state index in [2.05, 4.69) is 10.3 Å². The maximum Gasteiger partial charge on any atom is 0.304 e. The van der Waals surface area contributed by atoms with Crippen molar-refractivity contribution in [3.8, 4) is 0 Å². The van der Waals surface area contributed by atoms with Crippen LogP contribution in [0.2, 0.25) is 0 Å². The number of aliphatic carboxylic acids is 1. The van der Waals surface area contributed by atoms with Crippen molar-refractivity contribution in [3.63, 3.8) is 0 Å². The minimum absolute atomic E-state index is 0.0389. The molecule has 0 aromatic carbocycles. The molecule has 0 saturated carbocycles. The molecule has 1 heterocycles. The highest BCUT2D eigenvalue weighted by atomic mass is 33.1. The van der Waals surface area contributed by atoms with E-state index < -0.39 is 5.97 Å². The van der Waals surface area contributed by atoms with Crippen LogP contribution >= 0.6 is 21.6 Å². The minimum atomic E-state index is -0.771. The number of aromatic nitrogens is 1. The number of H-pyrrole nitrogens is 1. The first-order valence-electron chi connectivity index (χ1n) is 7.54. The predicted molar refractivity (Wildman–Crippen MR) is 91.7 cm³/mol. The smallest absolute Gasteiger partial charge is 0.304 e. The fourth-order valence-electron chi connectivity index (χ4n) is 2.62. The number of carbonyl (C=O) groups is 2. The van der Waals surface area contributed by atoms with Gasteiger partial charge in [-0.05, 0) is 43.7 Å². The van der Waals surface area contributed by atoms with Crippen molar-refractivity contribution in [1.29, 1.82) is 0 Å². The van der Waals surface area contributed by atoms with Crippen molar-refractivity contribution >= 4 is 33.5 Å². The SMILES string of the molecule is Cc1c(C(=O)NCCSSCCC(=O)O)[nH]c2c1CCCC2. The third-order valence-corrected chi connectivity index (χ3v) is 6.16. The predicted octanol–water partition coefficient (Wildman–Crippen LogP) is 2.79. The summed E-state index contributed by atoms with van der Waals surface area (Å²) >= 11 is 0. The quantitative estimate of drug-likeness (QED) is 0.500. The van der Waals surface area contributed by atoms with Crippen LogP contribution in [-0.2, 0) is 17.6 Å². The van der Waals surface area contributed by atoms with Gasteiger partial charge in [0.15, 0.2) is 0 Å². The Bertz CT molecular complexity index is 543. The molecule has 0 unspecified atom stereocenters. The van der Waals surface area contributed by atoms with Crippen LogP contribution in [0.1, 0.15) is 46.6 Å². The molecule has 0 atom stereocenters. The van der Waals surface area contributed by atoms with Gasteiger partial charge in [-0.3, -0.25) is 9.59 Å². The second-order valence-electron chi connectivity index (χ2n) is 5.33. The number of amides is 1. The van der Waals surface area contributed by atoms with Gasteiger partial charge in [-0.2, -0.15) is 0 Å². The number of fused-ring (bicyclic) bond motifs is 1. The van der Waals surface area contributed by atoms with E-state index in [0.29, 0.717) is 18.0 Å². The summed E-state index contributed by atoms with van der Waals surface area (Å²) in [6, 6.07) is 0. The Morgan fingerprint density at radius 2 is 1.95 bits per heavy atom. The second kappa shape index (κ2) is 8.53. The van der Waals surface area contributed by atoms with Crippen molar-refractivity contribution in [3.05, 3.63) is 22.5 Å². The van der Waals surface area contributed by atoms with Crippen LogP contribution in [0.4, 0.5) is 0 Å². The van der Waals surface area contributed by atoms with Crippen molar-refractivity contribution in [2.24, 2.45) is 0 Å². The molecule has 3 N–H and O–H groups in total. The summed E-state index contributed by atoms with van der Waals surface area (Å²) in [4.78, 5) is 25.9. The summed E-state index contributed by atoms with van der Waals surface area (Å²) in [6.45, 7) is 2.61. The van der Waals surface area contributed by atoms with Crippen molar-refractivity contribution in [1.82, 2.24) is 10.3 Å². The zero-order valence-corrected chi connectivity index (χ0v) is 14.4. The van der Waals surface area contributed by atoms with Gasteiger partial charge >= 0.3 is 5.97 Å².